The van der Waals surface area contributed by atoms with Crippen LogP contribution in [0.4, 0.5) is 11.4 Å². The molecule has 0 spiro atoms. The van der Waals surface area contributed by atoms with Gasteiger partial charge in [0.2, 0.25) is 10.0 Å². The van der Waals surface area contributed by atoms with Crippen LogP contribution in [-0.4, -0.2) is 25.4 Å². The first-order valence-corrected chi connectivity index (χ1v) is 8.97. The number of hydrogen-bond acceptors (Lipinski definition) is 5. The summed E-state index contributed by atoms with van der Waals surface area (Å²) in [6.07, 6.45) is 5.41. The zero-order valence-electron chi connectivity index (χ0n) is 12.2. The Balaban J connectivity index is 2.41. The smallest absolute Gasteiger partial charge is 0.270 e. The molecule has 0 aromatic heterocycles. The van der Waals surface area contributed by atoms with Crippen molar-refractivity contribution in [2.24, 2.45) is 5.92 Å². The summed E-state index contributed by atoms with van der Waals surface area (Å²) in [5.74, 6) is -0.426. The fourth-order valence-electron chi connectivity index (χ4n) is 2.72. The molecule has 0 saturated heterocycles. The number of nitrogens with one attached hydrogen (secondary N) is 1. The molecule has 22 heavy (non-hydrogen) atoms. The second-order valence-electron chi connectivity index (χ2n) is 5.56. The molecule has 0 radical (unpaired) electrons. The van der Waals surface area contributed by atoms with E-state index < -0.39 is 14.9 Å². The number of carbonyl (C=O) groups excluding carboxylic acids is 1. The minimum absolute atomic E-state index is 0.0755. The van der Waals surface area contributed by atoms with E-state index in [0.717, 1.165) is 44.4 Å². The van der Waals surface area contributed by atoms with Crippen LogP contribution >= 0.6 is 0 Å². The number of hydrogen-bond donors (Lipinski definition) is 1. The van der Waals surface area contributed by atoms with E-state index >= 15 is 0 Å². The fourth-order valence-corrected chi connectivity index (χ4v) is 3.30. The summed E-state index contributed by atoms with van der Waals surface area (Å²) in [6.45, 7) is 0. The van der Waals surface area contributed by atoms with Gasteiger partial charge in [-0.05, 0) is 18.9 Å². The number of nitro benzene ring substituents is 1. The van der Waals surface area contributed by atoms with Gasteiger partial charge in [0.05, 0.1) is 16.9 Å². The lowest BCUT2D eigenvalue weighted by molar-refractivity contribution is -0.384. The number of anilines is 1. The van der Waals surface area contributed by atoms with Crippen molar-refractivity contribution < 1.29 is 18.1 Å². The third-order valence-electron chi connectivity index (χ3n) is 3.75. The van der Waals surface area contributed by atoms with Crippen molar-refractivity contribution in [3.05, 3.63) is 33.9 Å². The van der Waals surface area contributed by atoms with Crippen LogP contribution in [0, 0.1) is 16.0 Å². The minimum atomic E-state index is -3.57. The van der Waals surface area contributed by atoms with E-state index in [1.54, 1.807) is 0 Å². The number of nitrogens with zero attached hydrogens (tertiary/aromatic N) is 1. The quantitative estimate of drug-likeness (QED) is 0.508. The fraction of sp³-hybridized carbons (Fsp3) is 0.500. The Morgan fingerprint density at radius 1 is 1.27 bits per heavy atom. The van der Waals surface area contributed by atoms with Crippen LogP contribution in [-0.2, 0) is 10.0 Å². The Kier molecular flexibility index (Phi) is 4.80. The number of non-ortho nitro benzene ring substituents is 1. The summed E-state index contributed by atoms with van der Waals surface area (Å²) in [4.78, 5) is 22.9. The van der Waals surface area contributed by atoms with Gasteiger partial charge in [-0.2, -0.15) is 0 Å². The van der Waals surface area contributed by atoms with E-state index in [2.05, 4.69) is 4.72 Å². The first kappa shape index (κ1) is 16.4. The molecular formula is C14H18N2O5S. The van der Waals surface area contributed by atoms with Gasteiger partial charge in [-0.25, -0.2) is 8.42 Å². The molecule has 0 heterocycles. The molecule has 0 unspecified atom stereocenters. The molecule has 7 nitrogen and oxygen atoms in total. The van der Waals surface area contributed by atoms with E-state index in [9.17, 15) is 23.3 Å². The molecule has 1 saturated carbocycles. The molecule has 0 bridgehead atoms. The molecule has 1 aromatic rings. The average Bonchev–Trinajstić information content (AvgIpc) is 2.46. The Labute approximate surface area is 128 Å². The normalized spacial score (nSPS) is 16.2. The largest absolute Gasteiger partial charge is 0.294 e. The van der Waals surface area contributed by atoms with Crippen LogP contribution in [0.25, 0.3) is 0 Å². The second kappa shape index (κ2) is 6.43. The topological polar surface area (TPSA) is 106 Å². The van der Waals surface area contributed by atoms with Crippen LogP contribution in [0.5, 0.6) is 0 Å². The van der Waals surface area contributed by atoms with E-state index in [4.69, 9.17) is 0 Å². The average molecular weight is 326 g/mol. The predicted molar refractivity (Wildman–Crippen MR) is 82.5 cm³/mol. The maximum atomic E-state index is 12.6. The van der Waals surface area contributed by atoms with Gasteiger partial charge in [0.25, 0.3) is 5.69 Å². The number of Topliss-reactive ketones (excluding diaryl/α,β-unsaturated/α-hetero) is 1. The van der Waals surface area contributed by atoms with Crippen molar-refractivity contribution in [1.82, 2.24) is 0 Å². The summed E-state index contributed by atoms with van der Waals surface area (Å²) >= 11 is 0. The van der Waals surface area contributed by atoms with E-state index in [-0.39, 0.29) is 28.6 Å². The maximum absolute atomic E-state index is 12.6. The highest BCUT2D eigenvalue weighted by Gasteiger charge is 2.26. The van der Waals surface area contributed by atoms with Crippen LogP contribution in [0.15, 0.2) is 18.2 Å². The first-order chi connectivity index (χ1) is 10.3. The summed E-state index contributed by atoms with van der Waals surface area (Å²) in [7, 11) is -3.57. The molecule has 8 heteroatoms. The summed E-state index contributed by atoms with van der Waals surface area (Å²) in [6, 6.07) is 3.62. The molecular weight excluding hydrogens is 308 g/mol. The molecule has 0 aliphatic heterocycles. The Morgan fingerprint density at radius 3 is 2.45 bits per heavy atom. The van der Waals surface area contributed by atoms with Gasteiger partial charge in [-0.15, -0.1) is 0 Å². The highest BCUT2D eigenvalue weighted by Crippen LogP contribution is 2.31. The lowest BCUT2D eigenvalue weighted by Gasteiger charge is -2.21. The monoisotopic (exact) mass is 326 g/mol. The molecule has 1 fully saturated rings. The van der Waals surface area contributed by atoms with Gasteiger partial charge in [0.15, 0.2) is 5.78 Å². The number of rotatable bonds is 5. The van der Waals surface area contributed by atoms with Gasteiger partial charge in [0.1, 0.15) is 0 Å². The number of carbonyl (C=O) groups is 1. The lowest BCUT2D eigenvalue weighted by Crippen LogP contribution is -2.20. The maximum Gasteiger partial charge on any atom is 0.270 e. The summed E-state index contributed by atoms with van der Waals surface area (Å²) < 4.78 is 25.1. The standard InChI is InChI=1S/C14H18N2O5S/c1-22(20,21)15-13-8-7-11(16(18)19)9-12(13)14(17)10-5-3-2-4-6-10/h7-10,15H,2-6H2,1H3. The predicted octanol–water partition coefficient (Wildman–Crippen LogP) is 2.73. The van der Waals surface area contributed by atoms with Crippen LogP contribution in [0.1, 0.15) is 42.5 Å². The van der Waals surface area contributed by atoms with Gasteiger partial charge >= 0.3 is 0 Å². The van der Waals surface area contributed by atoms with Gasteiger partial charge in [0, 0.05) is 23.6 Å². The number of nitro groups is 1. The Morgan fingerprint density at radius 2 is 1.91 bits per heavy atom. The number of sulfonamides is 1. The lowest BCUT2D eigenvalue weighted by atomic mass is 9.83. The molecule has 1 aromatic carbocycles. The molecule has 120 valence electrons. The zero-order valence-corrected chi connectivity index (χ0v) is 13.1. The van der Waals surface area contributed by atoms with Gasteiger partial charge in [-0.3, -0.25) is 19.6 Å². The third-order valence-corrected chi connectivity index (χ3v) is 4.34. The number of benzene rings is 1. The van der Waals surface area contributed by atoms with Crippen molar-refractivity contribution >= 4 is 27.2 Å². The zero-order chi connectivity index (χ0) is 16.3. The van der Waals surface area contributed by atoms with Crippen LogP contribution in [0.3, 0.4) is 0 Å². The number of ketones is 1. The van der Waals surface area contributed by atoms with E-state index in [1.807, 2.05) is 0 Å². The van der Waals surface area contributed by atoms with Gasteiger partial charge < -0.3 is 0 Å². The summed E-state index contributed by atoms with van der Waals surface area (Å²) in [5, 5.41) is 10.9. The van der Waals surface area contributed by atoms with Crippen LogP contribution < -0.4 is 4.72 Å². The molecule has 0 amide bonds. The minimum Gasteiger partial charge on any atom is -0.294 e. The van der Waals surface area contributed by atoms with E-state index in [0.29, 0.717) is 0 Å². The molecule has 0 atom stereocenters. The highest BCUT2D eigenvalue weighted by molar-refractivity contribution is 7.92. The van der Waals surface area contributed by atoms with Crippen molar-refractivity contribution in [2.45, 2.75) is 32.1 Å². The van der Waals surface area contributed by atoms with Crippen molar-refractivity contribution in [3.8, 4) is 0 Å². The van der Waals surface area contributed by atoms with E-state index in [1.165, 1.54) is 12.1 Å². The second-order valence-corrected chi connectivity index (χ2v) is 7.31. The molecule has 2 rings (SSSR count). The third kappa shape index (κ3) is 4.03. The first-order valence-electron chi connectivity index (χ1n) is 7.08. The van der Waals surface area contributed by atoms with Crippen molar-refractivity contribution in [1.29, 1.82) is 0 Å². The Hall–Kier alpha value is -1.96. The van der Waals surface area contributed by atoms with Crippen molar-refractivity contribution in [3.63, 3.8) is 0 Å². The van der Waals surface area contributed by atoms with Crippen molar-refractivity contribution in [2.75, 3.05) is 11.0 Å². The molecule has 1 aliphatic rings. The van der Waals surface area contributed by atoms with Crippen LogP contribution in [0.2, 0.25) is 0 Å². The molecule has 1 N–H and O–H groups in total. The SMILES string of the molecule is CS(=O)(=O)Nc1ccc([N+](=O)[O-])cc1C(=O)C1CCCCC1. The highest BCUT2D eigenvalue weighted by atomic mass is 32.2. The summed E-state index contributed by atoms with van der Waals surface area (Å²) in [5.41, 5.74) is -0.0478. The Bertz CT molecular complexity index is 693. The molecule has 1 aliphatic carbocycles. The van der Waals surface area contributed by atoms with Gasteiger partial charge in [-0.1, -0.05) is 19.3 Å².